The third-order valence-electron chi connectivity index (χ3n) is 3.00. The molecule has 5 nitrogen and oxygen atoms in total. The van der Waals surface area contributed by atoms with Gasteiger partial charge in [0.25, 0.3) is 0 Å². The van der Waals surface area contributed by atoms with Crippen LogP contribution in [0.4, 0.5) is 0 Å². The van der Waals surface area contributed by atoms with Gasteiger partial charge in [-0.3, -0.25) is 9.67 Å². The lowest BCUT2D eigenvalue weighted by atomic mass is 10.1. The molecule has 0 saturated carbocycles. The maximum Gasteiger partial charge on any atom is 0.142 e. The van der Waals surface area contributed by atoms with E-state index in [9.17, 15) is 0 Å². The molecule has 0 fully saturated rings. The first kappa shape index (κ1) is 15.5. The Morgan fingerprint density at radius 3 is 2.62 bits per heavy atom. The number of rotatable bonds is 5. The lowest BCUT2D eigenvalue weighted by molar-refractivity contribution is 0.292. The lowest BCUT2D eigenvalue weighted by Gasteiger charge is -2.21. The highest BCUT2D eigenvalue weighted by Crippen LogP contribution is 2.19. The lowest BCUT2D eigenvalue weighted by Crippen LogP contribution is -2.35. The molecule has 5 heteroatoms. The molecule has 0 radical (unpaired) electrons. The topological polar surface area (TPSA) is 52.0 Å². The molecular weight excluding hydrogens is 264 g/mol. The number of hydrogen-bond donors (Lipinski definition) is 1. The summed E-state index contributed by atoms with van der Waals surface area (Å²) in [6.45, 7) is 9.53. The highest BCUT2D eigenvalue weighted by atomic mass is 16.5. The zero-order valence-electron chi connectivity index (χ0n) is 13.5. The second-order valence-corrected chi connectivity index (χ2v) is 6.27. The van der Waals surface area contributed by atoms with Crippen LogP contribution in [0.2, 0.25) is 0 Å². The van der Waals surface area contributed by atoms with Crippen LogP contribution in [0.15, 0.2) is 24.4 Å². The Labute approximate surface area is 126 Å². The van der Waals surface area contributed by atoms with Crippen LogP contribution in [0.3, 0.4) is 0 Å². The van der Waals surface area contributed by atoms with Crippen molar-refractivity contribution >= 4 is 0 Å². The van der Waals surface area contributed by atoms with Gasteiger partial charge in [-0.25, -0.2) is 0 Å². The van der Waals surface area contributed by atoms with E-state index in [1.54, 1.807) is 4.68 Å². The van der Waals surface area contributed by atoms with Gasteiger partial charge >= 0.3 is 0 Å². The molecule has 0 spiro atoms. The molecule has 0 aliphatic heterocycles. The molecule has 2 heterocycles. The van der Waals surface area contributed by atoms with E-state index in [-0.39, 0.29) is 5.54 Å². The molecule has 2 aromatic rings. The largest absolute Gasteiger partial charge is 0.485 e. The Morgan fingerprint density at radius 2 is 2.00 bits per heavy atom. The van der Waals surface area contributed by atoms with Crippen molar-refractivity contribution in [2.45, 2.75) is 46.4 Å². The Hall–Kier alpha value is -1.88. The van der Waals surface area contributed by atoms with Crippen LogP contribution in [0.1, 0.15) is 37.9 Å². The number of pyridine rings is 1. The quantitative estimate of drug-likeness (QED) is 0.919. The summed E-state index contributed by atoms with van der Waals surface area (Å²) < 4.78 is 7.65. The molecule has 0 amide bonds. The average Bonchev–Trinajstić information content (AvgIpc) is 2.80. The molecule has 0 saturated heterocycles. The van der Waals surface area contributed by atoms with Crippen molar-refractivity contribution in [3.63, 3.8) is 0 Å². The Morgan fingerprint density at radius 1 is 1.24 bits per heavy atom. The van der Waals surface area contributed by atoms with E-state index in [2.05, 4.69) is 36.2 Å². The summed E-state index contributed by atoms with van der Waals surface area (Å²) in [5, 5.41) is 7.76. The highest BCUT2D eigenvalue weighted by Gasteiger charge is 2.12. The average molecular weight is 288 g/mol. The van der Waals surface area contributed by atoms with Crippen LogP contribution in [0.25, 0.3) is 0 Å². The zero-order valence-corrected chi connectivity index (χ0v) is 13.5. The molecule has 0 bridgehead atoms. The van der Waals surface area contributed by atoms with E-state index in [1.807, 2.05) is 38.4 Å². The minimum atomic E-state index is 0.0453. The van der Waals surface area contributed by atoms with E-state index >= 15 is 0 Å². The highest BCUT2D eigenvalue weighted by molar-refractivity contribution is 5.29. The molecule has 1 N–H and O–H groups in total. The summed E-state index contributed by atoms with van der Waals surface area (Å²) in [6, 6.07) is 5.90. The van der Waals surface area contributed by atoms with Crippen molar-refractivity contribution in [2.75, 3.05) is 0 Å². The van der Waals surface area contributed by atoms with E-state index in [1.165, 1.54) is 0 Å². The van der Waals surface area contributed by atoms with Crippen molar-refractivity contribution in [1.29, 1.82) is 0 Å². The van der Waals surface area contributed by atoms with Gasteiger partial charge in [0.05, 0.1) is 11.4 Å². The number of nitrogens with one attached hydrogen (secondary N) is 1. The van der Waals surface area contributed by atoms with Crippen molar-refractivity contribution in [1.82, 2.24) is 20.1 Å². The molecule has 21 heavy (non-hydrogen) atoms. The van der Waals surface area contributed by atoms with Gasteiger partial charge in [0.2, 0.25) is 0 Å². The summed E-state index contributed by atoms with van der Waals surface area (Å²) in [5.41, 5.74) is 2.88. The number of hydrogen-bond acceptors (Lipinski definition) is 4. The van der Waals surface area contributed by atoms with Gasteiger partial charge in [-0.1, -0.05) is 0 Å². The van der Waals surface area contributed by atoms with E-state index < -0.39 is 0 Å². The van der Waals surface area contributed by atoms with Crippen molar-refractivity contribution < 1.29 is 4.74 Å². The van der Waals surface area contributed by atoms with Crippen LogP contribution in [0, 0.1) is 6.92 Å². The number of aromatic nitrogens is 3. The fraction of sp³-hybridized carbons (Fsp3) is 0.500. The molecule has 2 aromatic heterocycles. The zero-order chi connectivity index (χ0) is 15.5. The van der Waals surface area contributed by atoms with Gasteiger partial charge < -0.3 is 10.1 Å². The molecule has 114 valence electrons. The van der Waals surface area contributed by atoms with Crippen LogP contribution in [0.5, 0.6) is 5.75 Å². The first-order valence-corrected chi connectivity index (χ1v) is 7.16. The number of nitrogens with zero attached hydrogens (tertiary/aromatic N) is 3. The van der Waals surface area contributed by atoms with E-state index in [0.29, 0.717) is 13.2 Å². The minimum Gasteiger partial charge on any atom is -0.485 e. The van der Waals surface area contributed by atoms with Crippen LogP contribution in [-0.2, 0) is 20.2 Å². The standard InChI is InChI=1S/C16H24N4O/c1-12-6-7-15(14(18-12)10-17-16(2,3)4)21-11-13-8-9-20(5)19-13/h6-9,17H,10-11H2,1-5H3. The molecule has 2 rings (SSSR count). The first-order chi connectivity index (χ1) is 9.83. The summed E-state index contributed by atoms with van der Waals surface area (Å²) in [6.07, 6.45) is 1.91. The SMILES string of the molecule is Cc1ccc(OCc2ccn(C)n2)c(CNC(C)(C)C)n1. The van der Waals surface area contributed by atoms with E-state index in [4.69, 9.17) is 4.74 Å². The number of ether oxygens (including phenoxy) is 1. The van der Waals surface area contributed by atoms with Crippen molar-refractivity contribution in [2.24, 2.45) is 7.05 Å². The predicted molar refractivity (Wildman–Crippen MR) is 83.1 cm³/mol. The fourth-order valence-electron chi connectivity index (χ4n) is 1.90. The third kappa shape index (κ3) is 4.86. The second kappa shape index (κ2) is 6.26. The summed E-state index contributed by atoms with van der Waals surface area (Å²) in [5.74, 6) is 0.808. The van der Waals surface area contributed by atoms with Crippen LogP contribution < -0.4 is 10.1 Å². The van der Waals surface area contributed by atoms with Gasteiger partial charge in [0.1, 0.15) is 12.4 Å². The smallest absolute Gasteiger partial charge is 0.142 e. The molecule has 0 aliphatic rings. The predicted octanol–water partition coefficient (Wildman–Crippen LogP) is 2.59. The summed E-state index contributed by atoms with van der Waals surface area (Å²) >= 11 is 0. The molecule has 0 aromatic carbocycles. The van der Waals surface area contributed by atoms with Crippen LogP contribution >= 0.6 is 0 Å². The minimum absolute atomic E-state index is 0.0453. The Balaban J connectivity index is 2.07. The first-order valence-electron chi connectivity index (χ1n) is 7.16. The molecular formula is C16H24N4O. The summed E-state index contributed by atoms with van der Waals surface area (Å²) in [7, 11) is 1.90. The third-order valence-corrected chi connectivity index (χ3v) is 3.00. The Kier molecular flexibility index (Phi) is 4.63. The van der Waals surface area contributed by atoms with Crippen molar-refractivity contribution in [3.8, 4) is 5.75 Å². The monoisotopic (exact) mass is 288 g/mol. The van der Waals surface area contributed by atoms with Gasteiger partial charge in [-0.15, -0.1) is 0 Å². The number of aryl methyl sites for hydroxylation is 2. The van der Waals surface area contributed by atoms with Gasteiger partial charge in [0, 0.05) is 31.0 Å². The van der Waals surface area contributed by atoms with Gasteiger partial charge in [-0.2, -0.15) is 5.10 Å². The van der Waals surface area contributed by atoms with E-state index in [0.717, 1.165) is 22.8 Å². The Bertz CT molecular complexity index is 599. The molecule has 0 aliphatic carbocycles. The molecule has 0 atom stereocenters. The fourth-order valence-corrected chi connectivity index (χ4v) is 1.90. The van der Waals surface area contributed by atoms with Crippen molar-refractivity contribution in [3.05, 3.63) is 41.5 Å². The maximum absolute atomic E-state index is 5.88. The van der Waals surface area contributed by atoms with Gasteiger partial charge in [0.15, 0.2) is 0 Å². The second-order valence-electron chi connectivity index (χ2n) is 6.27. The van der Waals surface area contributed by atoms with Gasteiger partial charge in [-0.05, 0) is 45.9 Å². The normalized spacial score (nSPS) is 11.7. The maximum atomic E-state index is 5.88. The summed E-state index contributed by atoms with van der Waals surface area (Å²) in [4.78, 5) is 4.58. The van der Waals surface area contributed by atoms with Crippen LogP contribution in [-0.4, -0.2) is 20.3 Å². The molecule has 0 unspecified atom stereocenters.